The smallest absolute Gasteiger partial charge is 0.387 e. The predicted molar refractivity (Wildman–Crippen MR) is 83.4 cm³/mol. The first-order valence-electron chi connectivity index (χ1n) is 6.65. The minimum Gasteiger partial charge on any atom is -0.497 e. The summed E-state index contributed by atoms with van der Waals surface area (Å²) in [4.78, 5) is 12.0. The fraction of sp³-hybridized carbons (Fsp3) is 0.188. The molecule has 7 heteroatoms. The number of carbonyl (C=O) groups excluding carboxylic acids is 1. The normalized spacial score (nSPS) is 10.5. The summed E-state index contributed by atoms with van der Waals surface area (Å²) < 4.78 is 33.6. The second-order valence-corrected chi connectivity index (χ2v) is 5.00. The highest BCUT2D eigenvalue weighted by Gasteiger charge is 2.10. The van der Waals surface area contributed by atoms with Crippen molar-refractivity contribution in [2.75, 3.05) is 12.4 Å². The zero-order chi connectivity index (χ0) is 16.8. The van der Waals surface area contributed by atoms with Crippen LogP contribution < -0.4 is 14.8 Å². The Labute approximate surface area is 137 Å². The van der Waals surface area contributed by atoms with E-state index >= 15 is 0 Å². The third-order valence-corrected chi connectivity index (χ3v) is 3.25. The molecule has 0 aliphatic heterocycles. The highest BCUT2D eigenvalue weighted by Crippen LogP contribution is 2.29. The van der Waals surface area contributed by atoms with Crippen LogP contribution in [-0.4, -0.2) is 19.6 Å². The third-order valence-electron chi connectivity index (χ3n) is 2.96. The minimum atomic E-state index is -2.96. The van der Waals surface area contributed by atoms with Crippen LogP contribution in [0.3, 0.4) is 0 Å². The molecule has 0 saturated heterocycles. The topological polar surface area (TPSA) is 47.6 Å². The van der Waals surface area contributed by atoms with E-state index in [4.69, 9.17) is 16.3 Å². The van der Waals surface area contributed by atoms with Gasteiger partial charge in [-0.3, -0.25) is 4.79 Å². The van der Waals surface area contributed by atoms with Crippen LogP contribution >= 0.6 is 11.6 Å². The lowest BCUT2D eigenvalue weighted by molar-refractivity contribution is -0.115. The molecule has 0 atom stereocenters. The molecule has 0 aliphatic rings. The van der Waals surface area contributed by atoms with Gasteiger partial charge in [-0.15, -0.1) is 0 Å². The number of halogens is 3. The molecule has 2 aromatic rings. The quantitative estimate of drug-likeness (QED) is 0.859. The summed E-state index contributed by atoms with van der Waals surface area (Å²) in [5.74, 6) is 0.305. The van der Waals surface area contributed by atoms with Crippen LogP contribution in [0.4, 0.5) is 14.5 Å². The van der Waals surface area contributed by atoms with Crippen LogP contribution in [0.25, 0.3) is 0 Å². The van der Waals surface area contributed by atoms with Gasteiger partial charge in [0.1, 0.15) is 11.5 Å². The van der Waals surface area contributed by atoms with E-state index in [9.17, 15) is 13.6 Å². The second kappa shape index (κ2) is 7.78. The second-order valence-electron chi connectivity index (χ2n) is 4.60. The maximum atomic E-state index is 12.1. The lowest BCUT2D eigenvalue weighted by Gasteiger charge is -2.10. The van der Waals surface area contributed by atoms with Gasteiger partial charge >= 0.3 is 6.61 Å². The lowest BCUT2D eigenvalue weighted by atomic mass is 10.1. The molecule has 0 radical (unpaired) electrons. The molecule has 2 aromatic carbocycles. The van der Waals surface area contributed by atoms with E-state index in [0.717, 1.165) is 5.56 Å². The van der Waals surface area contributed by atoms with Crippen molar-refractivity contribution < 1.29 is 23.0 Å². The summed E-state index contributed by atoms with van der Waals surface area (Å²) in [6, 6.07) is 11.2. The van der Waals surface area contributed by atoms with Crippen LogP contribution in [0, 0.1) is 0 Å². The number of amides is 1. The van der Waals surface area contributed by atoms with Gasteiger partial charge in [0, 0.05) is 5.69 Å². The van der Waals surface area contributed by atoms with Crippen molar-refractivity contribution in [1.29, 1.82) is 0 Å². The zero-order valence-corrected chi connectivity index (χ0v) is 12.9. The molecule has 0 bridgehead atoms. The number of hydrogen-bond acceptors (Lipinski definition) is 3. The van der Waals surface area contributed by atoms with Crippen molar-refractivity contribution in [3.05, 3.63) is 53.1 Å². The van der Waals surface area contributed by atoms with E-state index in [1.807, 2.05) is 0 Å². The summed E-state index contributed by atoms with van der Waals surface area (Å²) in [6.07, 6.45) is 0.164. The average molecular weight is 342 g/mol. The molecule has 0 saturated carbocycles. The van der Waals surface area contributed by atoms with Crippen molar-refractivity contribution in [3.8, 4) is 11.5 Å². The highest BCUT2D eigenvalue weighted by atomic mass is 35.5. The number of hydrogen-bond donors (Lipinski definition) is 1. The molecule has 4 nitrogen and oxygen atoms in total. The van der Waals surface area contributed by atoms with E-state index in [1.165, 1.54) is 18.2 Å². The fourth-order valence-electron chi connectivity index (χ4n) is 1.90. The Bertz CT molecular complexity index is 678. The molecular formula is C16H14ClF2NO3. The largest absolute Gasteiger partial charge is 0.497 e. The number of benzene rings is 2. The van der Waals surface area contributed by atoms with Crippen LogP contribution in [0.15, 0.2) is 42.5 Å². The van der Waals surface area contributed by atoms with Crippen molar-refractivity contribution in [2.24, 2.45) is 0 Å². The van der Waals surface area contributed by atoms with Crippen molar-refractivity contribution in [2.45, 2.75) is 13.0 Å². The fourth-order valence-corrected chi connectivity index (χ4v) is 2.13. The van der Waals surface area contributed by atoms with Crippen molar-refractivity contribution in [3.63, 3.8) is 0 Å². The average Bonchev–Trinajstić information content (AvgIpc) is 2.50. The Morgan fingerprint density at radius 2 is 1.91 bits per heavy atom. The monoisotopic (exact) mass is 341 g/mol. The molecule has 1 amide bonds. The molecule has 23 heavy (non-hydrogen) atoms. The number of carbonyl (C=O) groups is 1. The Kier molecular flexibility index (Phi) is 5.76. The lowest BCUT2D eigenvalue weighted by Crippen LogP contribution is -2.14. The third kappa shape index (κ3) is 5.10. The SMILES string of the molecule is COc1ccc(CC(=O)Nc2ccc(OC(F)F)c(Cl)c2)cc1. The van der Waals surface area contributed by atoms with Crippen molar-refractivity contribution >= 4 is 23.2 Å². The number of ether oxygens (including phenoxy) is 2. The first-order valence-corrected chi connectivity index (χ1v) is 7.03. The van der Waals surface area contributed by atoms with Gasteiger partial charge in [-0.2, -0.15) is 8.78 Å². The molecule has 0 fully saturated rings. The van der Waals surface area contributed by atoms with E-state index in [0.29, 0.717) is 11.4 Å². The Morgan fingerprint density at radius 1 is 1.22 bits per heavy atom. The maximum Gasteiger partial charge on any atom is 0.387 e. The van der Waals surface area contributed by atoms with Gasteiger partial charge in [-0.1, -0.05) is 23.7 Å². The summed E-state index contributed by atoms with van der Waals surface area (Å²) in [6.45, 7) is -2.96. The summed E-state index contributed by atoms with van der Waals surface area (Å²) >= 11 is 5.83. The van der Waals surface area contributed by atoms with E-state index in [2.05, 4.69) is 10.1 Å². The Hall–Kier alpha value is -2.34. The van der Waals surface area contributed by atoms with Crippen LogP contribution in [0.1, 0.15) is 5.56 Å². The number of anilines is 1. The van der Waals surface area contributed by atoms with E-state index < -0.39 is 6.61 Å². The number of alkyl halides is 2. The molecule has 2 rings (SSSR count). The summed E-state index contributed by atoms with van der Waals surface area (Å²) in [5, 5.41) is 2.64. The molecule has 0 unspecified atom stereocenters. The summed E-state index contributed by atoms with van der Waals surface area (Å²) in [7, 11) is 1.56. The number of methoxy groups -OCH3 is 1. The van der Waals surface area contributed by atoms with Crippen molar-refractivity contribution in [1.82, 2.24) is 0 Å². The molecule has 0 spiro atoms. The molecule has 0 aliphatic carbocycles. The maximum absolute atomic E-state index is 12.1. The van der Waals surface area contributed by atoms with Crippen LogP contribution in [0.2, 0.25) is 5.02 Å². The molecule has 122 valence electrons. The predicted octanol–water partition coefficient (Wildman–Crippen LogP) is 4.13. The van der Waals surface area contributed by atoms with Crippen LogP contribution in [-0.2, 0) is 11.2 Å². The zero-order valence-electron chi connectivity index (χ0n) is 12.2. The van der Waals surface area contributed by atoms with E-state index in [1.54, 1.807) is 31.4 Å². The Balaban J connectivity index is 1.98. The highest BCUT2D eigenvalue weighted by molar-refractivity contribution is 6.32. The molecule has 0 aromatic heterocycles. The minimum absolute atomic E-state index is 0.00690. The first kappa shape index (κ1) is 17.0. The van der Waals surface area contributed by atoms with Gasteiger partial charge in [0.2, 0.25) is 5.91 Å². The van der Waals surface area contributed by atoms with Gasteiger partial charge in [-0.25, -0.2) is 0 Å². The van der Waals surface area contributed by atoms with Gasteiger partial charge in [0.15, 0.2) is 0 Å². The molecule has 0 heterocycles. The standard InChI is InChI=1S/C16H14ClF2NO3/c1-22-12-5-2-10(3-6-12)8-15(21)20-11-4-7-14(13(17)9-11)23-16(18)19/h2-7,9,16H,8H2,1H3,(H,20,21). The number of rotatable bonds is 6. The van der Waals surface area contributed by atoms with Gasteiger partial charge < -0.3 is 14.8 Å². The van der Waals surface area contributed by atoms with Gasteiger partial charge in [-0.05, 0) is 35.9 Å². The summed E-state index contributed by atoms with van der Waals surface area (Å²) in [5.41, 5.74) is 1.21. The van der Waals surface area contributed by atoms with Gasteiger partial charge in [0.25, 0.3) is 0 Å². The molecule has 1 N–H and O–H groups in total. The van der Waals surface area contributed by atoms with Gasteiger partial charge in [0.05, 0.1) is 18.6 Å². The number of nitrogens with one attached hydrogen (secondary N) is 1. The Morgan fingerprint density at radius 3 is 2.48 bits per heavy atom. The first-order chi connectivity index (χ1) is 11.0. The van der Waals surface area contributed by atoms with Crippen LogP contribution in [0.5, 0.6) is 11.5 Å². The molecular weight excluding hydrogens is 328 g/mol. The van der Waals surface area contributed by atoms with E-state index in [-0.39, 0.29) is 23.1 Å².